The largest absolute Gasteiger partial charge is 0.379 e. The second-order valence-electron chi connectivity index (χ2n) is 7.04. The lowest BCUT2D eigenvalue weighted by Crippen LogP contribution is -2.41. The first-order valence-electron chi connectivity index (χ1n) is 9.99. The van der Waals surface area contributed by atoms with E-state index in [0.717, 1.165) is 44.8 Å². The van der Waals surface area contributed by atoms with Gasteiger partial charge in [0.25, 0.3) is 5.91 Å². The first-order valence-corrected chi connectivity index (χ1v) is 9.99. The number of aromatic nitrogens is 3. The van der Waals surface area contributed by atoms with Crippen molar-refractivity contribution in [3.05, 3.63) is 54.0 Å². The van der Waals surface area contributed by atoms with Crippen LogP contribution in [0.3, 0.4) is 0 Å². The molecule has 1 amide bonds. The average molecular weight is 394 g/mol. The van der Waals surface area contributed by atoms with Crippen LogP contribution in [-0.4, -0.2) is 71.7 Å². The number of fused-ring (bicyclic) bond motifs is 1. The molecular formula is C21H26N6O2. The zero-order valence-electron chi connectivity index (χ0n) is 16.4. The molecule has 0 radical (unpaired) electrons. The number of benzene rings is 1. The molecule has 1 saturated heterocycles. The monoisotopic (exact) mass is 394 g/mol. The SMILES string of the molecule is O=C(NCCN1CCOCC1)c1cnc(NCCc2c[nH]c3ccccc23)nc1. The van der Waals surface area contributed by atoms with Crippen molar-refractivity contribution in [3.8, 4) is 0 Å². The Morgan fingerprint density at radius 1 is 1.14 bits per heavy atom. The smallest absolute Gasteiger partial charge is 0.254 e. The van der Waals surface area contributed by atoms with Gasteiger partial charge in [0, 0.05) is 62.2 Å². The van der Waals surface area contributed by atoms with Crippen molar-refractivity contribution in [1.29, 1.82) is 0 Å². The molecule has 0 aliphatic carbocycles. The lowest BCUT2D eigenvalue weighted by molar-refractivity contribution is 0.0383. The Balaban J connectivity index is 1.21. The number of amides is 1. The molecule has 3 heterocycles. The molecule has 0 saturated carbocycles. The normalized spacial score (nSPS) is 14.8. The van der Waals surface area contributed by atoms with Gasteiger partial charge in [-0.1, -0.05) is 18.2 Å². The third-order valence-electron chi connectivity index (χ3n) is 5.08. The minimum atomic E-state index is -0.149. The number of carbonyl (C=O) groups excluding carboxylic acids is 1. The standard InChI is InChI=1S/C21H26N6O2/c28-20(22-7-8-27-9-11-29-12-10-27)17-14-25-21(26-15-17)23-6-5-16-13-24-19-4-2-1-3-18(16)19/h1-4,13-15,24H,5-12H2,(H,22,28)(H,23,25,26). The number of carbonyl (C=O) groups is 1. The molecule has 1 fully saturated rings. The number of nitrogens with one attached hydrogen (secondary N) is 3. The molecular weight excluding hydrogens is 368 g/mol. The van der Waals surface area contributed by atoms with E-state index < -0.39 is 0 Å². The molecule has 0 unspecified atom stereocenters. The predicted octanol–water partition coefficient (Wildman–Crippen LogP) is 1.67. The Hall–Kier alpha value is -2.97. The number of anilines is 1. The topological polar surface area (TPSA) is 95.2 Å². The van der Waals surface area contributed by atoms with Gasteiger partial charge in [-0.15, -0.1) is 0 Å². The van der Waals surface area contributed by atoms with Crippen LogP contribution in [0, 0.1) is 0 Å². The van der Waals surface area contributed by atoms with Gasteiger partial charge >= 0.3 is 0 Å². The van der Waals surface area contributed by atoms with Gasteiger partial charge in [-0.2, -0.15) is 0 Å². The summed E-state index contributed by atoms with van der Waals surface area (Å²) in [6.45, 7) is 5.49. The van der Waals surface area contributed by atoms with E-state index in [1.54, 1.807) is 12.4 Å². The fraction of sp³-hybridized carbons (Fsp3) is 0.381. The average Bonchev–Trinajstić information content (AvgIpc) is 3.18. The number of H-pyrrole nitrogens is 1. The van der Waals surface area contributed by atoms with E-state index in [1.807, 2.05) is 18.3 Å². The van der Waals surface area contributed by atoms with Crippen molar-refractivity contribution in [2.75, 3.05) is 51.3 Å². The van der Waals surface area contributed by atoms with E-state index in [-0.39, 0.29) is 5.91 Å². The summed E-state index contributed by atoms with van der Waals surface area (Å²) in [5.41, 5.74) is 2.86. The number of ether oxygens (including phenoxy) is 1. The minimum absolute atomic E-state index is 0.149. The fourth-order valence-electron chi connectivity index (χ4n) is 3.44. The number of para-hydroxylation sites is 1. The Kier molecular flexibility index (Phi) is 6.33. The molecule has 3 N–H and O–H groups in total. The number of rotatable bonds is 8. The lowest BCUT2D eigenvalue weighted by Gasteiger charge is -2.26. The highest BCUT2D eigenvalue weighted by Gasteiger charge is 2.11. The molecule has 8 heteroatoms. The van der Waals surface area contributed by atoms with E-state index in [4.69, 9.17) is 4.74 Å². The maximum Gasteiger partial charge on any atom is 0.254 e. The highest BCUT2D eigenvalue weighted by Crippen LogP contribution is 2.18. The fourth-order valence-corrected chi connectivity index (χ4v) is 3.44. The van der Waals surface area contributed by atoms with Crippen molar-refractivity contribution >= 4 is 22.8 Å². The van der Waals surface area contributed by atoms with Gasteiger partial charge in [-0.3, -0.25) is 9.69 Å². The van der Waals surface area contributed by atoms with Gasteiger partial charge < -0.3 is 20.4 Å². The third-order valence-corrected chi connectivity index (χ3v) is 5.08. The number of nitrogens with zero attached hydrogens (tertiary/aromatic N) is 3. The highest BCUT2D eigenvalue weighted by atomic mass is 16.5. The molecule has 2 aromatic heterocycles. The van der Waals surface area contributed by atoms with Crippen molar-refractivity contribution in [3.63, 3.8) is 0 Å². The van der Waals surface area contributed by atoms with E-state index in [1.165, 1.54) is 10.9 Å². The van der Waals surface area contributed by atoms with Crippen LogP contribution in [0.4, 0.5) is 5.95 Å². The van der Waals surface area contributed by atoms with Crippen LogP contribution >= 0.6 is 0 Å². The second kappa shape index (κ2) is 9.49. The molecule has 8 nitrogen and oxygen atoms in total. The van der Waals surface area contributed by atoms with Gasteiger partial charge in [-0.05, 0) is 18.1 Å². The predicted molar refractivity (Wildman–Crippen MR) is 112 cm³/mol. The van der Waals surface area contributed by atoms with Crippen LogP contribution in [0.2, 0.25) is 0 Å². The van der Waals surface area contributed by atoms with Crippen LogP contribution in [0.25, 0.3) is 10.9 Å². The zero-order valence-corrected chi connectivity index (χ0v) is 16.4. The Labute approximate surface area is 169 Å². The lowest BCUT2D eigenvalue weighted by atomic mass is 10.1. The van der Waals surface area contributed by atoms with Crippen molar-refractivity contribution < 1.29 is 9.53 Å². The molecule has 0 spiro atoms. The molecule has 4 rings (SSSR count). The van der Waals surface area contributed by atoms with Crippen molar-refractivity contribution in [2.24, 2.45) is 0 Å². The molecule has 3 aromatic rings. The first kappa shape index (κ1) is 19.4. The Morgan fingerprint density at radius 2 is 1.93 bits per heavy atom. The zero-order chi connectivity index (χ0) is 19.9. The third kappa shape index (κ3) is 5.10. The van der Waals surface area contributed by atoms with Crippen LogP contribution < -0.4 is 10.6 Å². The number of hydrogen-bond acceptors (Lipinski definition) is 6. The van der Waals surface area contributed by atoms with E-state index in [2.05, 4.69) is 42.6 Å². The molecule has 0 atom stereocenters. The quantitative estimate of drug-likeness (QED) is 0.538. The first-order chi connectivity index (χ1) is 14.3. The second-order valence-corrected chi connectivity index (χ2v) is 7.04. The molecule has 1 aliphatic rings. The summed E-state index contributed by atoms with van der Waals surface area (Å²) in [7, 11) is 0. The molecule has 29 heavy (non-hydrogen) atoms. The summed E-state index contributed by atoms with van der Waals surface area (Å²) in [4.78, 5) is 26.3. The van der Waals surface area contributed by atoms with E-state index in [0.29, 0.717) is 24.6 Å². The van der Waals surface area contributed by atoms with Crippen LogP contribution in [-0.2, 0) is 11.2 Å². The maximum atomic E-state index is 12.2. The highest BCUT2D eigenvalue weighted by molar-refractivity contribution is 5.93. The van der Waals surface area contributed by atoms with Gasteiger partial charge in [0.15, 0.2) is 0 Å². The summed E-state index contributed by atoms with van der Waals surface area (Å²) in [5, 5.41) is 7.37. The van der Waals surface area contributed by atoms with Gasteiger partial charge in [0.2, 0.25) is 5.95 Å². The maximum absolute atomic E-state index is 12.2. The van der Waals surface area contributed by atoms with Crippen LogP contribution in [0.1, 0.15) is 15.9 Å². The van der Waals surface area contributed by atoms with Gasteiger partial charge in [-0.25, -0.2) is 9.97 Å². The van der Waals surface area contributed by atoms with E-state index in [9.17, 15) is 4.79 Å². The summed E-state index contributed by atoms with van der Waals surface area (Å²) < 4.78 is 5.32. The van der Waals surface area contributed by atoms with Crippen LogP contribution in [0.5, 0.6) is 0 Å². The summed E-state index contributed by atoms with van der Waals surface area (Å²) in [6.07, 6.45) is 6.02. The number of hydrogen-bond donors (Lipinski definition) is 3. The summed E-state index contributed by atoms with van der Waals surface area (Å²) in [5.74, 6) is 0.373. The molecule has 1 aliphatic heterocycles. The number of morpholine rings is 1. The summed E-state index contributed by atoms with van der Waals surface area (Å²) >= 11 is 0. The molecule has 1 aromatic carbocycles. The molecule has 152 valence electrons. The summed E-state index contributed by atoms with van der Waals surface area (Å²) in [6, 6.07) is 8.25. The van der Waals surface area contributed by atoms with Crippen LogP contribution in [0.15, 0.2) is 42.9 Å². The Morgan fingerprint density at radius 3 is 2.76 bits per heavy atom. The van der Waals surface area contributed by atoms with Gasteiger partial charge in [0.05, 0.1) is 18.8 Å². The van der Waals surface area contributed by atoms with E-state index >= 15 is 0 Å². The van der Waals surface area contributed by atoms with Crippen molar-refractivity contribution in [2.45, 2.75) is 6.42 Å². The van der Waals surface area contributed by atoms with Crippen molar-refractivity contribution in [1.82, 2.24) is 25.2 Å². The minimum Gasteiger partial charge on any atom is -0.379 e. The Bertz CT molecular complexity index is 934. The molecule has 0 bridgehead atoms. The van der Waals surface area contributed by atoms with Gasteiger partial charge in [0.1, 0.15) is 0 Å². The number of aromatic amines is 1.